The van der Waals surface area contributed by atoms with Crippen LogP contribution in [0.1, 0.15) is 49.4 Å². The van der Waals surface area contributed by atoms with Gasteiger partial charge in [-0.2, -0.15) is 0 Å². The van der Waals surface area contributed by atoms with Gasteiger partial charge >= 0.3 is 0 Å². The lowest BCUT2D eigenvalue weighted by Crippen LogP contribution is -2.42. The molecule has 0 bridgehead atoms. The van der Waals surface area contributed by atoms with Gasteiger partial charge < -0.3 is 9.84 Å². The first-order chi connectivity index (χ1) is 9.11. The number of aromatic nitrogens is 1. The molecule has 5 heteroatoms. The lowest BCUT2D eigenvalue weighted by atomic mass is 9.91. The number of thiazole rings is 1. The third-order valence-corrected chi connectivity index (χ3v) is 5.00. The maximum Gasteiger partial charge on any atom is 0.122 e. The van der Waals surface area contributed by atoms with Crippen LogP contribution in [0.15, 0.2) is 5.38 Å². The fourth-order valence-electron chi connectivity index (χ4n) is 2.66. The Morgan fingerprint density at radius 1 is 1.53 bits per heavy atom. The highest BCUT2D eigenvalue weighted by Gasteiger charge is 2.26. The summed E-state index contributed by atoms with van der Waals surface area (Å²) in [6.07, 6.45) is 4.26. The van der Waals surface area contributed by atoms with E-state index in [9.17, 15) is 5.11 Å². The van der Waals surface area contributed by atoms with Crippen LogP contribution in [0.3, 0.4) is 0 Å². The van der Waals surface area contributed by atoms with Crippen molar-refractivity contribution in [2.45, 2.75) is 57.4 Å². The SMILES string of the molecule is COC(C)c1nc(CN(C)C2CCCCC2O)cs1. The number of hydrogen-bond acceptors (Lipinski definition) is 5. The second-order valence-electron chi connectivity index (χ2n) is 5.39. The highest BCUT2D eigenvalue weighted by molar-refractivity contribution is 7.09. The lowest BCUT2D eigenvalue weighted by Gasteiger charge is -2.34. The summed E-state index contributed by atoms with van der Waals surface area (Å²) in [5, 5.41) is 13.2. The second-order valence-corrected chi connectivity index (χ2v) is 6.28. The Balaban J connectivity index is 1.94. The van der Waals surface area contributed by atoms with E-state index in [2.05, 4.69) is 22.3 Å². The van der Waals surface area contributed by atoms with E-state index in [4.69, 9.17) is 4.74 Å². The number of rotatable bonds is 5. The van der Waals surface area contributed by atoms with Gasteiger partial charge in [0.1, 0.15) is 11.1 Å². The molecule has 0 amide bonds. The van der Waals surface area contributed by atoms with Gasteiger partial charge in [-0.05, 0) is 26.8 Å². The smallest absolute Gasteiger partial charge is 0.122 e. The summed E-state index contributed by atoms with van der Waals surface area (Å²) in [6.45, 7) is 2.81. The van der Waals surface area contributed by atoms with E-state index < -0.39 is 0 Å². The third-order valence-electron chi connectivity index (χ3n) is 3.94. The van der Waals surface area contributed by atoms with Crippen LogP contribution in [0.2, 0.25) is 0 Å². The maximum atomic E-state index is 10.1. The van der Waals surface area contributed by atoms with Crippen molar-refractivity contribution in [3.63, 3.8) is 0 Å². The standard InChI is InChI=1S/C14H24N2O2S/c1-10(18-3)14-15-11(9-19-14)8-16(2)12-6-4-5-7-13(12)17/h9-10,12-13,17H,4-8H2,1-3H3. The van der Waals surface area contributed by atoms with Crippen LogP contribution < -0.4 is 0 Å². The number of aliphatic hydroxyl groups excluding tert-OH is 1. The van der Waals surface area contributed by atoms with E-state index in [0.29, 0.717) is 0 Å². The summed E-state index contributed by atoms with van der Waals surface area (Å²) >= 11 is 1.65. The molecule has 3 unspecified atom stereocenters. The molecule has 1 N–H and O–H groups in total. The molecule has 1 aromatic heterocycles. The van der Waals surface area contributed by atoms with Gasteiger partial charge in [0.05, 0.1) is 11.8 Å². The molecule has 108 valence electrons. The highest BCUT2D eigenvalue weighted by Crippen LogP contribution is 2.25. The molecular weight excluding hydrogens is 260 g/mol. The van der Waals surface area contributed by atoms with Crippen molar-refractivity contribution in [1.82, 2.24) is 9.88 Å². The Labute approximate surface area is 119 Å². The molecule has 0 saturated heterocycles. The van der Waals surface area contributed by atoms with Crippen LogP contribution >= 0.6 is 11.3 Å². The first kappa shape index (κ1) is 14.9. The number of methoxy groups -OCH3 is 1. The lowest BCUT2D eigenvalue weighted by molar-refractivity contribution is 0.0283. The predicted octanol–water partition coefficient (Wildman–Crippen LogP) is 2.59. The molecule has 1 aliphatic rings. The van der Waals surface area contributed by atoms with Gasteiger partial charge in [-0.1, -0.05) is 12.8 Å². The van der Waals surface area contributed by atoms with Crippen molar-refractivity contribution in [1.29, 1.82) is 0 Å². The van der Waals surface area contributed by atoms with Crippen LogP contribution in [-0.2, 0) is 11.3 Å². The van der Waals surface area contributed by atoms with Gasteiger partial charge in [0, 0.05) is 25.1 Å². The van der Waals surface area contributed by atoms with Crippen molar-refractivity contribution in [2.75, 3.05) is 14.2 Å². The number of hydrogen-bond donors (Lipinski definition) is 1. The molecule has 19 heavy (non-hydrogen) atoms. The normalized spacial score (nSPS) is 25.7. The molecule has 0 spiro atoms. The zero-order chi connectivity index (χ0) is 13.8. The summed E-state index contributed by atoms with van der Waals surface area (Å²) in [7, 11) is 3.79. The van der Waals surface area contributed by atoms with Gasteiger partial charge in [0.2, 0.25) is 0 Å². The number of aliphatic hydroxyl groups is 1. The molecule has 1 heterocycles. The van der Waals surface area contributed by atoms with E-state index in [-0.39, 0.29) is 18.2 Å². The van der Waals surface area contributed by atoms with Crippen molar-refractivity contribution in [2.24, 2.45) is 0 Å². The summed E-state index contributed by atoms with van der Waals surface area (Å²) in [5.41, 5.74) is 1.07. The van der Waals surface area contributed by atoms with Crippen molar-refractivity contribution in [3.8, 4) is 0 Å². The van der Waals surface area contributed by atoms with Gasteiger partial charge in [-0.25, -0.2) is 4.98 Å². The zero-order valence-corrected chi connectivity index (χ0v) is 12.8. The molecule has 0 radical (unpaired) electrons. The number of nitrogens with zero attached hydrogens (tertiary/aromatic N) is 2. The molecule has 0 aromatic carbocycles. The van der Waals surface area contributed by atoms with Crippen molar-refractivity contribution >= 4 is 11.3 Å². The Morgan fingerprint density at radius 2 is 2.26 bits per heavy atom. The Hall–Kier alpha value is -0.490. The number of likely N-dealkylation sites (N-methyl/N-ethyl adjacent to an activating group) is 1. The van der Waals surface area contributed by atoms with E-state index in [0.717, 1.165) is 36.5 Å². The fraction of sp³-hybridized carbons (Fsp3) is 0.786. The topological polar surface area (TPSA) is 45.6 Å². The van der Waals surface area contributed by atoms with Crippen molar-refractivity contribution < 1.29 is 9.84 Å². The predicted molar refractivity (Wildman–Crippen MR) is 77.3 cm³/mol. The van der Waals surface area contributed by atoms with Crippen LogP contribution in [0.4, 0.5) is 0 Å². The molecule has 0 aliphatic heterocycles. The molecule has 4 nitrogen and oxygen atoms in total. The zero-order valence-electron chi connectivity index (χ0n) is 12.0. The molecule has 1 aliphatic carbocycles. The minimum absolute atomic E-state index is 0.0596. The van der Waals surface area contributed by atoms with E-state index in [1.165, 1.54) is 6.42 Å². The van der Waals surface area contributed by atoms with Gasteiger partial charge in [0.15, 0.2) is 0 Å². The number of ether oxygens (including phenoxy) is 1. The van der Waals surface area contributed by atoms with E-state index in [1.807, 2.05) is 6.92 Å². The Kier molecular flexibility index (Phi) is 5.33. The summed E-state index contributed by atoms with van der Waals surface area (Å²) in [4.78, 5) is 6.85. The first-order valence-electron chi connectivity index (χ1n) is 6.97. The summed E-state index contributed by atoms with van der Waals surface area (Å²) < 4.78 is 5.28. The van der Waals surface area contributed by atoms with Crippen LogP contribution in [0, 0.1) is 0 Å². The van der Waals surface area contributed by atoms with Gasteiger partial charge in [-0.15, -0.1) is 11.3 Å². The average molecular weight is 284 g/mol. The van der Waals surface area contributed by atoms with Crippen LogP contribution in [0.5, 0.6) is 0 Å². The molecule has 1 saturated carbocycles. The molecular formula is C14H24N2O2S. The average Bonchev–Trinajstić information content (AvgIpc) is 2.86. The quantitative estimate of drug-likeness (QED) is 0.902. The van der Waals surface area contributed by atoms with E-state index in [1.54, 1.807) is 18.4 Å². The summed E-state index contributed by atoms with van der Waals surface area (Å²) in [5.74, 6) is 0. The van der Waals surface area contributed by atoms with Crippen molar-refractivity contribution in [3.05, 3.63) is 16.1 Å². The van der Waals surface area contributed by atoms with Crippen LogP contribution in [0.25, 0.3) is 0 Å². The molecule has 1 fully saturated rings. The highest BCUT2D eigenvalue weighted by atomic mass is 32.1. The Bertz CT molecular complexity index is 397. The van der Waals surface area contributed by atoms with Crippen LogP contribution in [-0.4, -0.2) is 41.3 Å². The summed E-state index contributed by atoms with van der Waals surface area (Å²) in [6, 6.07) is 0.277. The monoisotopic (exact) mass is 284 g/mol. The van der Waals surface area contributed by atoms with Gasteiger partial charge in [0.25, 0.3) is 0 Å². The largest absolute Gasteiger partial charge is 0.391 e. The maximum absolute atomic E-state index is 10.1. The fourth-order valence-corrected chi connectivity index (χ4v) is 3.50. The Morgan fingerprint density at radius 3 is 2.95 bits per heavy atom. The first-order valence-corrected chi connectivity index (χ1v) is 7.85. The van der Waals surface area contributed by atoms with Gasteiger partial charge in [-0.3, -0.25) is 4.90 Å². The third kappa shape index (κ3) is 3.75. The molecule has 2 rings (SSSR count). The molecule has 3 atom stereocenters. The molecule has 1 aromatic rings. The minimum atomic E-state index is -0.185. The minimum Gasteiger partial charge on any atom is -0.391 e. The second kappa shape index (κ2) is 6.79. The van der Waals surface area contributed by atoms with E-state index >= 15 is 0 Å².